The normalized spacial score (nSPS) is 36.8. The van der Waals surface area contributed by atoms with Crippen LogP contribution in [0.15, 0.2) is 48.2 Å². The largest absolute Gasteiger partial charge is 0.507 e. The minimum absolute atomic E-state index is 0.0217. The summed E-state index contributed by atoms with van der Waals surface area (Å²) in [5.74, 6) is -9.17. The fourth-order valence-electron chi connectivity index (χ4n) is 9.03. The summed E-state index contributed by atoms with van der Waals surface area (Å²) >= 11 is 0.341. The molecule has 0 spiro atoms. The lowest BCUT2D eigenvalue weighted by Gasteiger charge is -2.61. The van der Waals surface area contributed by atoms with E-state index >= 15 is 9.59 Å². The van der Waals surface area contributed by atoms with E-state index in [2.05, 4.69) is 0 Å². The maximum Gasteiger partial charge on any atom is 0.371 e. The molecule has 19 heteroatoms. The second kappa shape index (κ2) is 14.5. The first-order chi connectivity index (χ1) is 27.2. The number of hydrogen-bond donors (Lipinski definition) is 8. The van der Waals surface area contributed by atoms with E-state index in [1.807, 2.05) is 0 Å². The van der Waals surface area contributed by atoms with Gasteiger partial charge >= 0.3 is 11.9 Å². The summed E-state index contributed by atoms with van der Waals surface area (Å²) in [4.78, 5) is 83.0. The number of aliphatic carboxylic acids is 2. The molecule has 8 N–H and O–H groups in total. The number of thioether (sulfide) groups is 1. The number of benzene rings is 2. The van der Waals surface area contributed by atoms with Crippen LogP contribution in [-0.2, 0) is 28.5 Å². The molecule has 11 unspecified atom stereocenters. The Morgan fingerprint density at radius 1 is 0.793 bits per heavy atom. The van der Waals surface area contributed by atoms with E-state index in [1.54, 1.807) is 0 Å². The van der Waals surface area contributed by atoms with Gasteiger partial charge in [-0.15, -0.1) is 11.8 Å². The topological polar surface area (TPSA) is 301 Å². The maximum absolute atomic E-state index is 15.2. The third kappa shape index (κ3) is 5.89. The zero-order valence-corrected chi connectivity index (χ0v) is 31.7. The number of aliphatic hydroxyl groups is 4. The summed E-state index contributed by atoms with van der Waals surface area (Å²) < 4.78 is 17.7. The summed E-state index contributed by atoms with van der Waals surface area (Å²) in [6, 6.07) is 7.25. The van der Waals surface area contributed by atoms with Gasteiger partial charge in [-0.25, -0.2) is 4.79 Å². The SMILES string of the molecule is CC1OC(CCCOC2OC(C(=O)O)=CC(O)C2O)CC2(SC34CC(CC(=O)O)OC(C)C3(O)C(=O)c3c(O)cccc3C4=O)C(=O)c3cccc(O)c3C(=O)C12O. The van der Waals surface area contributed by atoms with Gasteiger partial charge in [0.2, 0.25) is 23.6 Å². The molecule has 3 aliphatic heterocycles. The number of Topliss-reactive ketones (excluding diaryl/α,β-unsaturated/α-hetero) is 4. The Morgan fingerprint density at radius 2 is 1.29 bits per heavy atom. The van der Waals surface area contributed by atoms with Crippen molar-refractivity contribution in [2.45, 2.75) is 110 Å². The zero-order valence-electron chi connectivity index (χ0n) is 30.9. The summed E-state index contributed by atoms with van der Waals surface area (Å²) in [7, 11) is 0. The van der Waals surface area contributed by atoms with Crippen LogP contribution in [-0.4, -0.2) is 146 Å². The second-order valence-corrected chi connectivity index (χ2v) is 16.7. The van der Waals surface area contributed by atoms with E-state index in [9.17, 15) is 60.0 Å². The van der Waals surface area contributed by atoms with Gasteiger partial charge in [-0.3, -0.25) is 24.0 Å². The first kappa shape index (κ1) is 41.4. The highest BCUT2D eigenvalue weighted by molar-refractivity contribution is 8.03. The predicted octanol–water partition coefficient (Wildman–Crippen LogP) is 0.902. The molecule has 0 aromatic heterocycles. The number of aromatic hydroxyl groups is 2. The number of ketones is 4. The number of fused-ring (bicyclic) bond motifs is 4. The highest BCUT2D eigenvalue weighted by Gasteiger charge is 2.78. The standard InChI is InChI=1S/C39H40O18S/c1-16-38(52)32(48)27-20(7-3-9-22(27)40)30(46)36(38,14-18(55-16)6-5-11-54-35-29(45)24(42)13-25(57-35)34(50)51)58-37-15-19(12-26(43)44)56-17(2)39(37,53)33(49)28-21(31(37)47)8-4-10-23(28)41/h3-4,7-10,13,16-19,24,29,35,40-42,45,52-53H,5-6,11-12,14-15H2,1-2H3,(H,43,44)(H,50,51). The van der Waals surface area contributed by atoms with Gasteiger partial charge < -0.3 is 59.8 Å². The van der Waals surface area contributed by atoms with Gasteiger partial charge in [-0.05, 0) is 57.7 Å². The monoisotopic (exact) mass is 828 g/mol. The van der Waals surface area contributed by atoms with Crippen LogP contribution in [0.4, 0.5) is 0 Å². The van der Waals surface area contributed by atoms with Gasteiger partial charge in [0, 0.05) is 11.1 Å². The van der Waals surface area contributed by atoms with Crippen molar-refractivity contribution in [1.29, 1.82) is 0 Å². The maximum atomic E-state index is 15.2. The van der Waals surface area contributed by atoms with E-state index < -0.39 is 146 Å². The molecule has 0 bridgehead atoms. The number of ether oxygens (including phenoxy) is 4. The highest BCUT2D eigenvalue weighted by atomic mass is 32.2. The number of carboxylic acid groups (broad SMARTS) is 2. The summed E-state index contributed by atoms with van der Waals surface area (Å²) in [6.07, 6.45) is -11.7. The third-order valence-electron chi connectivity index (χ3n) is 11.8. The summed E-state index contributed by atoms with van der Waals surface area (Å²) in [6.45, 7) is 2.26. The van der Waals surface area contributed by atoms with Crippen LogP contribution in [0.5, 0.6) is 11.5 Å². The van der Waals surface area contributed by atoms with Crippen molar-refractivity contribution in [3.63, 3.8) is 0 Å². The van der Waals surface area contributed by atoms with Crippen LogP contribution in [0, 0.1) is 0 Å². The molecule has 11 atom stereocenters. The molecule has 2 aliphatic carbocycles. The number of aliphatic hydroxyl groups excluding tert-OH is 2. The fourth-order valence-corrected chi connectivity index (χ4v) is 11.4. The Bertz CT molecular complexity index is 2150. The smallest absolute Gasteiger partial charge is 0.371 e. The number of phenols is 2. The molecule has 2 aromatic rings. The Kier molecular flexibility index (Phi) is 10.4. The zero-order chi connectivity index (χ0) is 42.3. The Labute approximate surface area is 333 Å². The van der Waals surface area contributed by atoms with Crippen LogP contribution >= 0.6 is 11.8 Å². The highest BCUT2D eigenvalue weighted by Crippen LogP contribution is 2.64. The van der Waals surface area contributed by atoms with Gasteiger partial charge in [0.05, 0.1) is 48.6 Å². The first-order valence-electron chi connectivity index (χ1n) is 18.4. The quantitative estimate of drug-likeness (QED) is 0.154. The van der Waals surface area contributed by atoms with E-state index in [0.717, 1.165) is 18.2 Å². The summed E-state index contributed by atoms with van der Waals surface area (Å²) in [5.41, 5.74) is -7.65. The van der Waals surface area contributed by atoms with E-state index in [0.29, 0.717) is 11.8 Å². The number of carbonyl (C=O) groups excluding carboxylic acids is 4. The average Bonchev–Trinajstić information content (AvgIpc) is 3.16. The number of carboxylic acids is 2. The van der Waals surface area contributed by atoms with Gasteiger partial charge in [-0.2, -0.15) is 0 Å². The Balaban J connectivity index is 1.33. The minimum Gasteiger partial charge on any atom is -0.507 e. The van der Waals surface area contributed by atoms with Crippen LogP contribution in [0.3, 0.4) is 0 Å². The molecule has 0 saturated carbocycles. The molecule has 58 heavy (non-hydrogen) atoms. The van der Waals surface area contributed by atoms with Crippen molar-refractivity contribution >= 4 is 46.8 Å². The Hall–Kier alpha value is -4.73. The Morgan fingerprint density at radius 3 is 1.79 bits per heavy atom. The number of carbonyl (C=O) groups is 6. The van der Waals surface area contributed by atoms with Gasteiger partial charge in [-0.1, -0.05) is 24.3 Å². The number of rotatable bonds is 10. The van der Waals surface area contributed by atoms with Crippen molar-refractivity contribution in [2.24, 2.45) is 0 Å². The van der Waals surface area contributed by atoms with E-state index in [1.165, 1.54) is 38.1 Å². The van der Waals surface area contributed by atoms with Crippen LogP contribution in [0.2, 0.25) is 0 Å². The molecular formula is C39H40O18S. The molecular weight excluding hydrogens is 788 g/mol. The van der Waals surface area contributed by atoms with Crippen LogP contribution in [0.25, 0.3) is 0 Å². The second-order valence-electron chi connectivity index (χ2n) is 15.1. The van der Waals surface area contributed by atoms with Gasteiger partial charge in [0.15, 0.2) is 22.8 Å². The fraction of sp³-hybridized carbons (Fsp3) is 0.487. The van der Waals surface area contributed by atoms with Gasteiger partial charge in [0.1, 0.15) is 33.2 Å². The number of hydrogen-bond acceptors (Lipinski definition) is 17. The van der Waals surface area contributed by atoms with Crippen LogP contribution < -0.4 is 0 Å². The predicted molar refractivity (Wildman–Crippen MR) is 194 cm³/mol. The lowest BCUT2D eigenvalue weighted by Crippen LogP contribution is -2.79. The third-order valence-corrected chi connectivity index (χ3v) is 13.8. The molecule has 7 rings (SSSR count). The number of phenolic OH excluding ortho intramolecular Hbond substituents is 2. The molecule has 18 nitrogen and oxygen atoms in total. The molecule has 2 fully saturated rings. The average molecular weight is 829 g/mol. The molecule has 0 amide bonds. The van der Waals surface area contributed by atoms with Crippen molar-refractivity contribution in [3.8, 4) is 11.5 Å². The van der Waals surface area contributed by atoms with Crippen molar-refractivity contribution < 1.29 is 88.6 Å². The summed E-state index contributed by atoms with van der Waals surface area (Å²) in [5, 5.41) is 86.8. The molecule has 5 aliphatic rings. The molecule has 2 aromatic carbocycles. The molecule has 0 radical (unpaired) electrons. The van der Waals surface area contributed by atoms with Crippen molar-refractivity contribution in [1.82, 2.24) is 0 Å². The minimum atomic E-state index is -2.94. The van der Waals surface area contributed by atoms with E-state index in [-0.39, 0.29) is 30.6 Å². The molecule has 3 heterocycles. The molecule has 2 saturated heterocycles. The van der Waals surface area contributed by atoms with Crippen molar-refractivity contribution in [3.05, 3.63) is 70.5 Å². The lowest BCUT2D eigenvalue weighted by molar-refractivity contribution is -0.208. The van der Waals surface area contributed by atoms with E-state index in [4.69, 9.17) is 18.9 Å². The lowest BCUT2D eigenvalue weighted by atomic mass is 9.63. The van der Waals surface area contributed by atoms with Gasteiger partial charge in [0.25, 0.3) is 0 Å². The van der Waals surface area contributed by atoms with Crippen LogP contribution in [0.1, 0.15) is 87.4 Å². The van der Waals surface area contributed by atoms with Crippen molar-refractivity contribution in [2.75, 3.05) is 6.61 Å². The first-order valence-corrected chi connectivity index (χ1v) is 19.2. The molecule has 310 valence electrons.